The molecule has 0 aromatic heterocycles. The van der Waals surface area contributed by atoms with Gasteiger partial charge < -0.3 is 21.9 Å². The van der Waals surface area contributed by atoms with Crippen LogP contribution in [0.1, 0.15) is 18.4 Å². The highest BCUT2D eigenvalue weighted by Gasteiger charge is 2.18. The minimum Gasteiger partial charge on any atom is -0.392 e. The first-order valence-corrected chi connectivity index (χ1v) is 6.33. The smallest absolute Gasteiger partial charge is 0.318 e. The quantitative estimate of drug-likeness (QED) is 0.476. The molecule has 20 heavy (non-hydrogen) atoms. The Morgan fingerprint density at radius 3 is 2.40 bits per heavy atom. The molecule has 0 unspecified atom stereocenters. The van der Waals surface area contributed by atoms with Crippen LogP contribution in [0.2, 0.25) is 0 Å². The van der Waals surface area contributed by atoms with Gasteiger partial charge in [0.15, 0.2) is 0 Å². The van der Waals surface area contributed by atoms with Crippen LogP contribution in [0, 0.1) is 0 Å². The van der Waals surface area contributed by atoms with Crippen molar-refractivity contribution in [2.75, 3.05) is 11.9 Å². The van der Waals surface area contributed by atoms with Gasteiger partial charge in [-0.05, 0) is 37.1 Å². The molecular formula is C13H20N4O3. The molecule has 1 atom stereocenters. The molecule has 7 heteroatoms. The van der Waals surface area contributed by atoms with Gasteiger partial charge in [-0.1, -0.05) is 12.1 Å². The fourth-order valence-electron chi connectivity index (χ4n) is 1.71. The van der Waals surface area contributed by atoms with Gasteiger partial charge in [-0.2, -0.15) is 0 Å². The van der Waals surface area contributed by atoms with Crippen LogP contribution in [0.5, 0.6) is 0 Å². The fourth-order valence-corrected chi connectivity index (χ4v) is 1.71. The molecule has 1 rings (SSSR count). The summed E-state index contributed by atoms with van der Waals surface area (Å²) in [4.78, 5) is 22.6. The molecule has 0 heterocycles. The summed E-state index contributed by atoms with van der Waals surface area (Å²) in [7, 11) is 0. The van der Waals surface area contributed by atoms with Crippen LogP contribution >= 0.6 is 0 Å². The summed E-state index contributed by atoms with van der Waals surface area (Å²) in [6.07, 6.45) is 1.12. The van der Waals surface area contributed by atoms with Crippen molar-refractivity contribution in [2.24, 2.45) is 11.5 Å². The van der Waals surface area contributed by atoms with Gasteiger partial charge in [0, 0.05) is 5.69 Å². The van der Waals surface area contributed by atoms with Crippen molar-refractivity contribution in [1.82, 2.24) is 5.32 Å². The number of amides is 3. The number of carbonyl (C=O) groups excluding carboxylic acids is 2. The summed E-state index contributed by atoms with van der Waals surface area (Å²) in [5, 5.41) is 14.0. The van der Waals surface area contributed by atoms with Crippen LogP contribution in [-0.2, 0) is 11.4 Å². The summed E-state index contributed by atoms with van der Waals surface area (Å²) < 4.78 is 0. The highest BCUT2D eigenvalue weighted by atomic mass is 16.3. The van der Waals surface area contributed by atoms with Crippen molar-refractivity contribution in [2.45, 2.75) is 25.5 Å². The zero-order valence-corrected chi connectivity index (χ0v) is 11.1. The van der Waals surface area contributed by atoms with Crippen LogP contribution in [-0.4, -0.2) is 29.6 Å². The molecule has 0 aliphatic carbocycles. The maximum atomic E-state index is 11.8. The number of aliphatic hydroxyl groups is 1. The summed E-state index contributed by atoms with van der Waals surface area (Å²) >= 11 is 0. The highest BCUT2D eigenvalue weighted by Crippen LogP contribution is 2.13. The normalized spacial score (nSPS) is 11.7. The number of nitrogens with two attached hydrogens (primary N) is 2. The van der Waals surface area contributed by atoms with Crippen molar-refractivity contribution in [1.29, 1.82) is 0 Å². The number of primary amides is 1. The van der Waals surface area contributed by atoms with E-state index in [1.807, 2.05) is 0 Å². The average molecular weight is 280 g/mol. The lowest BCUT2D eigenvalue weighted by Gasteiger charge is -2.18. The molecule has 1 aromatic carbocycles. The second-order valence-corrected chi connectivity index (χ2v) is 4.34. The lowest BCUT2D eigenvalue weighted by atomic mass is 10.1. The first kappa shape index (κ1) is 15.9. The summed E-state index contributed by atoms with van der Waals surface area (Å²) in [5.74, 6) is -0.489. The van der Waals surface area contributed by atoms with Crippen LogP contribution < -0.4 is 22.1 Å². The lowest BCUT2D eigenvalue weighted by molar-refractivity contribution is -0.120. The monoisotopic (exact) mass is 280 g/mol. The zero-order chi connectivity index (χ0) is 15.0. The fraction of sp³-hybridized carbons (Fsp3) is 0.385. The molecule has 7 nitrogen and oxygen atoms in total. The third-order valence-electron chi connectivity index (χ3n) is 2.74. The molecule has 0 radical (unpaired) electrons. The second kappa shape index (κ2) is 8.13. The Morgan fingerprint density at radius 1 is 1.25 bits per heavy atom. The SMILES string of the molecule is NCCC[C@H](Nc1ccc(CO)cc1)C(=O)NC(N)=O. The van der Waals surface area contributed by atoms with E-state index in [-0.39, 0.29) is 6.61 Å². The van der Waals surface area contributed by atoms with Crippen molar-refractivity contribution in [3.05, 3.63) is 29.8 Å². The summed E-state index contributed by atoms with van der Waals surface area (Å²) in [6.45, 7) is 0.407. The molecule has 0 fully saturated rings. The third-order valence-corrected chi connectivity index (χ3v) is 2.74. The van der Waals surface area contributed by atoms with Gasteiger partial charge in [-0.25, -0.2) is 4.79 Å². The van der Waals surface area contributed by atoms with Crippen LogP contribution in [0.15, 0.2) is 24.3 Å². The van der Waals surface area contributed by atoms with E-state index in [0.717, 1.165) is 5.56 Å². The number of aliphatic hydroxyl groups excluding tert-OH is 1. The summed E-state index contributed by atoms with van der Waals surface area (Å²) in [6, 6.07) is 5.51. The van der Waals surface area contributed by atoms with Gasteiger partial charge in [-0.3, -0.25) is 10.1 Å². The number of carbonyl (C=O) groups is 2. The largest absolute Gasteiger partial charge is 0.392 e. The van der Waals surface area contributed by atoms with E-state index in [4.69, 9.17) is 16.6 Å². The van der Waals surface area contributed by atoms with Crippen LogP contribution in [0.4, 0.5) is 10.5 Å². The Bertz CT molecular complexity index is 447. The van der Waals surface area contributed by atoms with E-state index in [2.05, 4.69) is 10.6 Å². The Balaban J connectivity index is 2.71. The standard InChI is InChI=1S/C13H20N4O3/c14-7-1-2-11(12(19)17-13(15)20)16-10-5-3-9(8-18)4-6-10/h3-6,11,16,18H,1-2,7-8,14H2,(H3,15,17,19,20)/t11-/m0/s1. The van der Waals surface area contributed by atoms with Gasteiger partial charge in [0.1, 0.15) is 6.04 Å². The number of imide groups is 1. The minimum atomic E-state index is -0.884. The number of rotatable bonds is 7. The molecule has 0 saturated heterocycles. The van der Waals surface area contributed by atoms with Crippen molar-refractivity contribution in [3.8, 4) is 0 Å². The Morgan fingerprint density at radius 2 is 1.90 bits per heavy atom. The minimum absolute atomic E-state index is 0.0426. The number of anilines is 1. The van der Waals surface area contributed by atoms with Crippen LogP contribution in [0.3, 0.4) is 0 Å². The molecule has 1 aromatic rings. The van der Waals surface area contributed by atoms with Gasteiger partial charge in [-0.15, -0.1) is 0 Å². The zero-order valence-electron chi connectivity index (χ0n) is 11.1. The van der Waals surface area contributed by atoms with Gasteiger partial charge in [0.25, 0.3) is 0 Å². The number of hydrogen-bond acceptors (Lipinski definition) is 5. The molecule has 110 valence electrons. The van der Waals surface area contributed by atoms with E-state index < -0.39 is 18.0 Å². The first-order chi connectivity index (χ1) is 9.56. The Kier molecular flexibility index (Phi) is 6.48. The van der Waals surface area contributed by atoms with E-state index in [9.17, 15) is 9.59 Å². The number of hydrogen-bond donors (Lipinski definition) is 5. The molecule has 7 N–H and O–H groups in total. The summed E-state index contributed by atoms with van der Waals surface area (Å²) in [5.41, 5.74) is 11.9. The van der Waals surface area contributed by atoms with Crippen molar-refractivity contribution >= 4 is 17.6 Å². The topological polar surface area (TPSA) is 130 Å². The van der Waals surface area contributed by atoms with Gasteiger partial charge in [0.05, 0.1) is 6.61 Å². The maximum absolute atomic E-state index is 11.8. The third kappa shape index (κ3) is 5.25. The average Bonchev–Trinajstić information content (AvgIpc) is 2.43. The predicted octanol–water partition coefficient (Wildman–Crippen LogP) is -0.107. The number of benzene rings is 1. The Hall–Kier alpha value is -2.12. The molecule has 0 aliphatic heterocycles. The lowest BCUT2D eigenvalue weighted by Crippen LogP contribution is -2.45. The predicted molar refractivity (Wildman–Crippen MR) is 75.8 cm³/mol. The van der Waals surface area contributed by atoms with Crippen LogP contribution in [0.25, 0.3) is 0 Å². The molecule has 0 bridgehead atoms. The maximum Gasteiger partial charge on any atom is 0.318 e. The molecular weight excluding hydrogens is 260 g/mol. The highest BCUT2D eigenvalue weighted by molar-refractivity contribution is 5.97. The van der Waals surface area contributed by atoms with Crippen molar-refractivity contribution in [3.63, 3.8) is 0 Å². The number of urea groups is 1. The van der Waals surface area contributed by atoms with Crippen molar-refractivity contribution < 1.29 is 14.7 Å². The molecule has 3 amide bonds. The van der Waals surface area contributed by atoms with E-state index >= 15 is 0 Å². The number of nitrogens with one attached hydrogen (secondary N) is 2. The van der Waals surface area contributed by atoms with E-state index in [0.29, 0.717) is 25.1 Å². The van der Waals surface area contributed by atoms with Gasteiger partial charge >= 0.3 is 6.03 Å². The molecule has 0 aliphatic rings. The Labute approximate surface area is 117 Å². The first-order valence-electron chi connectivity index (χ1n) is 6.33. The molecule has 0 spiro atoms. The second-order valence-electron chi connectivity index (χ2n) is 4.34. The van der Waals surface area contributed by atoms with E-state index in [1.54, 1.807) is 24.3 Å². The van der Waals surface area contributed by atoms with Gasteiger partial charge in [0.2, 0.25) is 5.91 Å². The van der Waals surface area contributed by atoms with E-state index in [1.165, 1.54) is 0 Å². The molecule has 0 saturated carbocycles.